The summed E-state index contributed by atoms with van der Waals surface area (Å²) in [5.41, 5.74) is 8.59. The lowest BCUT2D eigenvalue weighted by Gasteiger charge is -2.33. The number of benzene rings is 1. The lowest BCUT2D eigenvalue weighted by molar-refractivity contribution is -0.193. The van der Waals surface area contributed by atoms with Crippen LogP contribution in [0.5, 0.6) is 5.75 Å². The summed E-state index contributed by atoms with van der Waals surface area (Å²) in [6.07, 6.45) is 1.50. The van der Waals surface area contributed by atoms with Gasteiger partial charge >= 0.3 is 12.0 Å². The van der Waals surface area contributed by atoms with E-state index in [0.29, 0.717) is 57.5 Å². The molecule has 2 N–H and O–H groups in total. The van der Waals surface area contributed by atoms with E-state index in [4.69, 9.17) is 27.1 Å². The molecule has 0 unspecified atom stereocenters. The molecule has 9 nitrogen and oxygen atoms in total. The minimum atomic E-state index is -4.11. The maximum atomic E-state index is 14.8. The molecule has 2 aliphatic rings. The second-order valence-electron chi connectivity index (χ2n) is 9.68. The Morgan fingerprint density at radius 1 is 1.23 bits per heavy atom. The van der Waals surface area contributed by atoms with Gasteiger partial charge in [0.15, 0.2) is 11.4 Å². The van der Waals surface area contributed by atoms with Gasteiger partial charge in [-0.3, -0.25) is 19.5 Å². The Labute approximate surface area is 226 Å². The molecule has 1 saturated carbocycles. The van der Waals surface area contributed by atoms with Crippen molar-refractivity contribution in [2.24, 2.45) is 11.7 Å². The summed E-state index contributed by atoms with van der Waals surface area (Å²) in [6, 6.07) is 7.66. The highest BCUT2D eigenvalue weighted by molar-refractivity contribution is 6.30. The van der Waals surface area contributed by atoms with Crippen LogP contribution in [0.4, 0.5) is 14.5 Å². The molecule has 200 valence electrons. The van der Waals surface area contributed by atoms with Crippen molar-refractivity contribution in [1.29, 1.82) is 0 Å². The fraction of sp³-hybridized carbons (Fsp3) is 0.296. The van der Waals surface area contributed by atoms with Crippen LogP contribution in [0, 0.1) is 5.92 Å². The zero-order valence-electron chi connectivity index (χ0n) is 20.8. The molecule has 0 spiro atoms. The summed E-state index contributed by atoms with van der Waals surface area (Å²) in [5, 5.41) is 5.34. The van der Waals surface area contributed by atoms with Crippen LogP contribution in [0.1, 0.15) is 41.5 Å². The Bertz CT molecular complexity index is 1640. The number of hydrogen-bond donors (Lipinski definition) is 1. The number of rotatable bonds is 7. The summed E-state index contributed by atoms with van der Waals surface area (Å²) >= 11 is 5.89. The van der Waals surface area contributed by atoms with Crippen LogP contribution in [0.25, 0.3) is 22.2 Å². The van der Waals surface area contributed by atoms with Gasteiger partial charge in [0.1, 0.15) is 0 Å². The van der Waals surface area contributed by atoms with E-state index < -0.39 is 17.9 Å². The number of amides is 2. The monoisotopic (exact) mass is 552 g/mol. The van der Waals surface area contributed by atoms with Crippen molar-refractivity contribution < 1.29 is 23.1 Å². The van der Waals surface area contributed by atoms with Gasteiger partial charge in [0.2, 0.25) is 0 Å². The predicted octanol–water partition coefficient (Wildman–Crippen LogP) is 4.74. The third kappa shape index (κ3) is 4.46. The summed E-state index contributed by atoms with van der Waals surface area (Å²) in [4.78, 5) is 35.3. The maximum Gasteiger partial charge on any atom is 0.482 e. The number of nitrogens with zero attached hydrogens (tertiary/aromatic N) is 5. The van der Waals surface area contributed by atoms with Gasteiger partial charge in [-0.2, -0.15) is 13.9 Å². The third-order valence-corrected chi connectivity index (χ3v) is 7.19. The maximum absolute atomic E-state index is 14.8. The van der Waals surface area contributed by atoms with Crippen molar-refractivity contribution in [3.05, 3.63) is 64.7 Å². The molecule has 12 heteroatoms. The number of hydrogen-bond acceptors (Lipinski definition) is 6. The van der Waals surface area contributed by atoms with E-state index in [1.807, 2.05) is 6.92 Å². The number of nitrogens with two attached hydrogens (primary N) is 1. The number of alkyl halides is 2. The van der Waals surface area contributed by atoms with Crippen LogP contribution < -0.4 is 15.4 Å². The molecule has 0 bridgehead atoms. The fourth-order valence-electron chi connectivity index (χ4n) is 4.92. The minimum absolute atomic E-state index is 0.139. The quantitative estimate of drug-likeness (QED) is 0.354. The molecule has 4 aromatic rings. The number of fused-ring (bicyclic) bond motifs is 2. The number of pyridine rings is 2. The van der Waals surface area contributed by atoms with Crippen molar-refractivity contribution in [1.82, 2.24) is 19.7 Å². The van der Waals surface area contributed by atoms with Crippen molar-refractivity contribution >= 4 is 40.1 Å². The van der Waals surface area contributed by atoms with Crippen LogP contribution in [-0.4, -0.2) is 37.7 Å². The van der Waals surface area contributed by atoms with Gasteiger partial charge in [0.25, 0.3) is 5.91 Å². The molecule has 1 aromatic carbocycles. The van der Waals surface area contributed by atoms with Crippen LogP contribution in [0.15, 0.2) is 42.7 Å². The van der Waals surface area contributed by atoms with E-state index in [2.05, 4.69) is 10.1 Å². The molecule has 6 rings (SSSR count). The Hall–Kier alpha value is -4.12. The zero-order chi connectivity index (χ0) is 27.5. The zero-order valence-corrected chi connectivity index (χ0v) is 21.6. The average molecular weight is 553 g/mol. The van der Waals surface area contributed by atoms with E-state index in [1.54, 1.807) is 29.1 Å². The molecule has 4 heterocycles. The minimum Gasteiger partial charge on any atom is -0.423 e. The second kappa shape index (κ2) is 9.26. The molecule has 1 aliphatic heterocycles. The highest BCUT2D eigenvalue weighted by Gasteiger charge is 2.50. The van der Waals surface area contributed by atoms with Crippen molar-refractivity contribution in [3.8, 4) is 16.9 Å². The standard InChI is InChI=1S/C27H23ClF2N6O3/c1-2-36-25-18(12-33-36)22(23(24(31)37)19(34-25)9-14-3-4-14)15-5-8-20-21(10-15)39-27(29,30)26(38)35(20)13-17-7-6-16(28)11-32-17/h5-8,10-12,14H,2-4,9,13H2,1H3,(H2,31,37). The summed E-state index contributed by atoms with van der Waals surface area (Å²) < 4.78 is 36.2. The first kappa shape index (κ1) is 25.2. The number of anilines is 1. The topological polar surface area (TPSA) is 116 Å². The van der Waals surface area contributed by atoms with Gasteiger partial charge in [-0.25, -0.2) is 9.67 Å². The number of aromatic nitrogens is 4. The molecule has 1 aliphatic carbocycles. The second-order valence-corrected chi connectivity index (χ2v) is 10.1. The van der Waals surface area contributed by atoms with E-state index in [9.17, 15) is 18.4 Å². The van der Waals surface area contributed by atoms with Crippen LogP contribution in [0.3, 0.4) is 0 Å². The molecule has 39 heavy (non-hydrogen) atoms. The van der Waals surface area contributed by atoms with Crippen molar-refractivity contribution in [2.45, 2.75) is 45.4 Å². The van der Waals surface area contributed by atoms with Crippen LogP contribution >= 0.6 is 11.6 Å². The largest absolute Gasteiger partial charge is 0.482 e. The smallest absolute Gasteiger partial charge is 0.423 e. The first-order chi connectivity index (χ1) is 18.7. The Morgan fingerprint density at radius 3 is 2.69 bits per heavy atom. The lowest BCUT2D eigenvalue weighted by Crippen LogP contribution is -2.50. The SMILES string of the molecule is CCn1ncc2c(-c3ccc4c(c3)OC(F)(F)C(=O)N4Cc3ccc(Cl)cn3)c(C(N)=O)c(CC3CC3)nc21. The number of primary amides is 1. The highest BCUT2D eigenvalue weighted by atomic mass is 35.5. The lowest BCUT2D eigenvalue weighted by atomic mass is 9.93. The first-order valence-corrected chi connectivity index (χ1v) is 12.9. The van der Waals surface area contributed by atoms with Gasteiger partial charge in [0, 0.05) is 23.7 Å². The number of halogens is 3. The average Bonchev–Trinajstić information content (AvgIpc) is 3.62. The highest BCUT2D eigenvalue weighted by Crippen LogP contribution is 2.44. The van der Waals surface area contributed by atoms with Crippen molar-refractivity contribution in [3.63, 3.8) is 0 Å². The van der Waals surface area contributed by atoms with Gasteiger partial charge in [-0.1, -0.05) is 17.7 Å². The first-order valence-electron chi connectivity index (χ1n) is 12.5. The van der Waals surface area contributed by atoms with Gasteiger partial charge < -0.3 is 10.5 Å². The molecular formula is C27H23ClF2N6O3. The predicted molar refractivity (Wildman–Crippen MR) is 140 cm³/mol. The van der Waals surface area contributed by atoms with Crippen molar-refractivity contribution in [2.75, 3.05) is 4.90 Å². The molecule has 0 radical (unpaired) electrons. The van der Waals surface area contributed by atoms with E-state index in [0.717, 1.165) is 17.7 Å². The fourth-order valence-corrected chi connectivity index (χ4v) is 5.03. The Kier molecular flexibility index (Phi) is 5.98. The third-order valence-electron chi connectivity index (χ3n) is 6.97. The number of carbonyl (C=O) groups excluding carboxylic acids is 2. The molecular weight excluding hydrogens is 530 g/mol. The molecule has 1 fully saturated rings. The molecule has 0 atom stereocenters. The summed E-state index contributed by atoms with van der Waals surface area (Å²) in [6.45, 7) is 2.25. The summed E-state index contributed by atoms with van der Waals surface area (Å²) in [5.74, 6) is -2.00. The van der Waals surface area contributed by atoms with Gasteiger partial charge in [0.05, 0.1) is 40.4 Å². The van der Waals surface area contributed by atoms with Crippen LogP contribution in [0.2, 0.25) is 5.02 Å². The number of ether oxygens (including phenoxy) is 1. The number of carbonyl (C=O) groups is 2. The van der Waals surface area contributed by atoms with Crippen LogP contribution in [-0.2, 0) is 24.3 Å². The molecule has 2 amide bonds. The van der Waals surface area contributed by atoms with Gasteiger partial charge in [-0.15, -0.1) is 0 Å². The van der Waals surface area contributed by atoms with E-state index in [1.165, 1.54) is 18.3 Å². The molecule has 3 aromatic heterocycles. The Morgan fingerprint density at radius 2 is 2.03 bits per heavy atom. The number of aryl methyl sites for hydroxylation is 1. The summed E-state index contributed by atoms with van der Waals surface area (Å²) in [7, 11) is 0. The Balaban J connectivity index is 1.52. The van der Waals surface area contributed by atoms with Gasteiger partial charge in [-0.05, 0) is 61.9 Å². The van der Waals surface area contributed by atoms with E-state index >= 15 is 0 Å². The molecule has 0 saturated heterocycles. The van der Waals surface area contributed by atoms with E-state index in [-0.39, 0.29) is 23.5 Å². The normalized spacial score (nSPS) is 16.3.